The summed E-state index contributed by atoms with van der Waals surface area (Å²) in [5.41, 5.74) is 0. The van der Waals surface area contributed by atoms with Gasteiger partial charge in [-0.25, -0.2) is 0 Å². The molecule has 0 aromatic heterocycles. The Morgan fingerprint density at radius 2 is 0.533 bits per heavy atom. The molecule has 0 aromatic carbocycles. The molecule has 1 aliphatic carbocycles. The number of alkyl halides is 7. The van der Waals surface area contributed by atoms with Gasteiger partial charge in [-0.1, -0.05) is 0 Å². The zero-order chi connectivity index (χ0) is 11.5. The predicted octanol–water partition coefficient (Wildman–Crippen LogP) is 4.66. The average Bonchev–Trinajstić information content (AvgIpc) is 2.24. The highest BCUT2D eigenvalue weighted by atomic mass is 35.5. The minimum Gasteiger partial charge on any atom is -0.344 e. The molecule has 0 amide bonds. The Labute approximate surface area is 125 Å². The number of hydrogen-bond acceptors (Lipinski definition) is 1. The Kier molecular flexibility index (Phi) is 11.6. The molecule has 0 aromatic rings. The van der Waals surface area contributed by atoms with Crippen LogP contribution in [-0.2, 0) is 0 Å². The summed E-state index contributed by atoms with van der Waals surface area (Å²) < 4.78 is 0. The minimum absolute atomic E-state index is 0. The lowest BCUT2D eigenvalue weighted by Gasteiger charge is -2.37. The lowest BCUT2D eigenvalue weighted by Crippen LogP contribution is -2.52. The van der Waals surface area contributed by atoms with E-state index in [0.717, 1.165) is 0 Å². The SMILES string of the molecule is CCl.Cl[C@H]1[C@H](Cl)[C@@H](Cl)[C@@H](Cl)[C@H](Cl)[C@H]1Cl.N. The largest absolute Gasteiger partial charge is 0.344 e. The van der Waals surface area contributed by atoms with Crippen LogP contribution in [0.5, 0.6) is 0 Å². The van der Waals surface area contributed by atoms with Crippen LogP contribution in [0.15, 0.2) is 0 Å². The smallest absolute Gasteiger partial charge is 0.0693 e. The summed E-state index contributed by atoms with van der Waals surface area (Å²) in [5.74, 6) is 0. The molecule has 0 radical (unpaired) electrons. The fourth-order valence-corrected chi connectivity index (χ4v) is 3.38. The molecule has 1 rings (SSSR count). The van der Waals surface area contributed by atoms with Crippen molar-refractivity contribution >= 4 is 81.2 Å². The van der Waals surface area contributed by atoms with Gasteiger partial charge in [-0.05, 0) is 0 Å². The molecule has 1 nitrogen and oxygen atoms in total. The zero-order valence-corrected chi connectivity index (χ0v) is 13.1. The Morgan fingerprint density at radius 1 is 0.467 bits per heavy atom. The second-order valence-electron chi connectivity index (χ2n) is 2.67. The average molecular weight is 358 g/mol. The first-order valence-electron chi connectivity index (χ1n) is 3.69. The van der Waals surface area contributed by atoms with Crippen molar-refractivity contribution < 1.29 is 0 Å². The maximum absolute atomic E-state index is 5.88. The van der Waals surface area contributed by atoms with E-state index in [0.29, 0.717) is 0 Å². The van der Waals surface area contributed by atoms with E-state index in [1.807, 2.05) is 0 Å². The molecule has 0 aliphatic heterocycles. The maximum Gasteiger partial charge on any atom is 0.0693 e. The summed E-state index contributed by atoms with van der Waals surface area (Å²) in [6, 6.07) is 0. The molecule has 0 bridgehead atoms. The summed E-state index contributed by atoms with van der Waals surface area (Å²) >= 11 is 39.9. The van der Waals surface area contributed by atoms with Crippen molar-refractivity contribution in [3.8, 4) is 0 Å². The third-order valence-electron chi connectivity index (χ3n) is 1.83. The lowest BCUT2D eigenvalue weighted by atomic mass is 9.97. The first-order valence-corrected chi connectivity index (χ1v) is 7.06. The normalized spacial score (nSPS) is 44.8. The maximum atomic E-state index is 5.88. The van der Waals surface area contributed by atoms with Crippen LogP contribution in [0.1, 0.15) is 0 Å². The molecule has 1 saturated carbocycles. The molecule has 0 spiro atoms. The van der Waals surface area contributed by atoms with E-state index in [4.69, 9.17) is 69.6 Å². The van der Waals surface area contributed by atoms with Crippen molar-refractivity contribution in [1.82, 2.24) is 6.15 Å². The summed E-state index contributed by atoms with van der Waals surface area (Å²) in [7, 11) is 0. The lowest BCUT2D eigenvalue weighted by molar-refractivity contribution is 0.544. The highest BCUT2D eigenvalue weighted by molar-refractivity contribution is 6.45. The van der Waals surface area contributed by atoms with E-state index in [-0.39, 0.29) is 6.15 Å². The van der Waals surface area contributed by atoms with Gasteiger partial charge >= 0.3 is 0 Å². The van der Waals surface area contributed by atoms with Crippen LogP contribution in [0, 0.1) is 0 Å². The van der Waals surface area contributed by atoms with Crippen molar-refractivity contribution in [3.63, 3.8) is 0 Å². The molecule has 15 heavy (non-hydrogen) atoms. The van der Waals surface area contributed by atoms with E-state index >= 15 is 0 Å². The van der Waals surface area contributed by atoms with Gasteiger partial charge < -0.3 is 6.15 Å². The highest BCUT2D eigenvalue weighted by Gasteiger charge is 2.46. The van der Waals surface area contributed by atoms with Crippen LogP contribution in [0.2, 0.25) is 0 Å². The van der Waals surface area contributed by atoms with Crippen molar-refractivity contribution in [3.05, 3.63) is 0 Å². The van der Waals surface area contributed by atoms with E-state index in [9.17, 15) is 0 Å². The van der Waals surface area contributed by atoms with Crippen LogP contribution in [0.25, 0.3) is 0 Å². The predicted molar refractivity (Wildman–Crippen MR) is 74.6 cm³/mol. The minimum atomic E-state index is -0.437. The van der Waals surface area contributed by atoms with Crippen LogP contribution in [0.3, 0.4) is 0 Å². The van der Waals surface area contributed by atoms with Gasteiger partial charge in [-0.2, -0.15) is 0 Å². The molecular formula is C7H12Cl7N. The van der Waals surface area contributed by atoms with Crippen LogP contribution >= 0.6 is 81.2 Å². The quantitative estimate of drug-likeness (QED) is 0.628. The molecular weight excluding hydrogens is 346 g/mol. The topological polar surface area (TPSA) is 35.0 Å². The standard InChI is InChI=1S/C6H6Cl6.CH3Cl.H3N/c7-1-2(8)4(10)6(12)5(11)3(1)9;1-2;/h1-6H;1H3;1H3/t1-,2-,3-,4+,5+,6+;;. The monoisotopic (exact) mass is 355 g/mol. The summed E-state index contributed by atoms with van der Waals surface area (Å²) in [4.78, 5) is 0. The molecule has 94 valence electrons. The number of halogens is 7. The molecule has 3 N–H and O–H groups in total. The van der Waals surface area contributed by atoms with Gasteiger partial charge in [0.25, 0.3) is 0 Å². The Bertz CT molecular complexity index is 111. The third-order valence-corrected chi connectivity index (χ3v) is 5.86. The molecule has 0 unspecified atom stereocenters. The first kappa shape index (κ1) is 19.3. The van der Waals surface area contributed by atoms with E-state index in [2.05, 4.69) is 11.6 Å². The molecule has 0 saturated heterocycles. The molecule has 1 fully saturated rings. The number of hydrogen-bond donors (Lipinski definition) is 1. The molecule has 0 atom stereocenters. The van der Waals surface area contributed by atoms with Crippen molar-refractivity contribution in [2.45, 2.75) is 32.3 Å². The van der Waals surface area contributed by atoms with Gasteiger partial charge in [0.05, 0.1) is 32.3 Å². The van der Waals surface area contributed by atoms with Gasteiger partial charge in [0.1, 0.15) is 0 Å². The van der Waals surface area contributed by atoms with Crippen molar-refractivity contribution in [2.75, 3.05) is 6.38 Å². The van der Waals surface area contributed by atoms with Crippen molar-refractivity contribution in [1.29, 1.82) is 0 Å². The fraction of sp³-hybridized carbons (Fsp3) is 1.00. The summed E-state index contributed by atoms with van der Waals surface area (Å²) in [6.07, 6.45) is 1.47. The Hall–Kier alpha value is 1.99. The summed E-state index contributed by atoms with van der Waals surface area (Å²) in [5, 5.41) is -2.62. The fourth-order valence-electron chi connectivity index (χ4n) is 1.05. The van der Waals surface area contributed by atoms with Crippen molar-refractivity contribution in [2.24, 2.45) is 0 Å². The van der Waals surface area contributed by atoms with Gasteiger partial charge in [0.2, 0.25) is 0 Å². The summed E-state index contributed by atoms with van der Waals surface area (Å²) in [6.45, 7) is 0. The molecule has 0 heterocycles. The highest BCUT2D eigenvalue weighted by Crippen LogP contribution is 2.39. The van der Waals surface area contributed by atoms with E-state index in [1.54, 1.807) is 0 Å². The van der Waals surface area contributed by atoms with Crippen LogP contribution in [0.4, 0.5) is 0 Å². The molecule has 1 aliphatic rings. The zero-order valence-electron chi connectivity index (χ0n) is 7.82. The second-order valence-corrected chi connectivity index (χ2v) is 5.69. The third kappa shape index (κ3) is 4.63. The number of rotatable bonds is 0. The van der Waals surface area contributed by atoms with Gasteiger partial charge in [-0.3, -0.25) is 0 Å². The first-order chi connectivity index (χ1) is 6.46. The van der Waals surface area contributed by atoms with Gasteiger partial charge in [0.15, 0.2) is 0 Å². The van der Waals surface area contributed by atoms with E-state index < -0.39 is 32.3 Å². The Balaban J connectivity index is 0. The van der Waals surface area contributed by atoms with Crippen LogP contribution < -0.4 is 6.15 Å². The second kappa shape index (κ2) is 8.99. The van der Waals surface area contributed by atoms with E-state index in [1.165, 1.54) is 6.38 Å². The van der Waals surface area contributed by atoms with Gasteiger partial charge in [0, 0.05) is 6.38 Å². The molecule has 8 heteroatoms. The van der Waals surface area contributed by atoms with Crippen LogP contribution in [-0.4, -0.2) is 38.6 Å². The Morgan fingerprint density at radius 3 is 0.600 bits per heavy atom. The van der Waals surface area contributed by atoms with Gasteiger partial charge in [-0.15, -0.1) is 81.2 Å².